The molecule has 1 heterocycles. The Kier molecular flexibility index (Phi) is 4.39. The minimum absolute atomic E-state index is 0.104. The van der Waals surface area contributed by atoms with Gasteiger partial charge < -0.3 is 4.74 Å². The van der Waals surface area contributed by atoms with Gasteiger partial charge in [0.05, 0.1) is 10.4 Å². The van der Waals surface area contributed by atoms with E-state index in [9.17, 15) is 14.9 Å². The standard InChI is InChI=1S/C17H11ClN2O4/c18-16-12(9-11-5-1-3-7-14(11)19-16)10-24-17(21)13-6-2-4-8-15(13)20(22)23/h1-9H,10H2. The van der Waals surface area contributed by atoms with Crippen molar-refractivity contribution in [2.45, 2.75) is 6.61 Å². The number of nitrogens with zero attached hydrogens (tertiary/aromatic N) is 2. The van der Waals surface area contributed by atoms with Crippen LogP contribution in [0, 0.1) is 10.1 Å². The van der Waals surface area contributed by atoms with Crippen LogP contribution < -0.4 is 0 Å². The molecule has 0 amide bonds. The predicted octanol–water partition coefficient (Wildman–Crippen LogP) is 4.15. The Morgan fingerprint density at radius 2 is 1.88 bits per heavy atom. The number of para-hydroxylation sites is 2. The monoisotopic (exact) mass is 342 g/mol. The molecule has 0 unspecified atom stereocenters. The molecule has 24 heavy (non-hydrogen) atoms. The molecule has 6 nitrogen and oxygen atoms in total. The number of carbonyl (C=O) groups excluding carboxylic acids is 1. The van der Waals surface area contributed by atoms with Crippen molar-refractivity contribution in [1.29, 1.82) is 0 Å². The molecule has 0 fully saturated rings. The fraction of sp³-hybridized carbons (Fsp3) is 0.0588. The highest BCUT2D eigenvalue weighted by molar-refractivity contribution is 6.30. The van der Waals surface area contributed by atoms with Crippen LogP contribution in [0.25, 0.3) is 10.9 Å². The van der Waals surface area contributed by atoms with Crippen molar-refractivity contribution in [1.82, 2.24) is 4.98 Å². The van der Waals surface area contributed by atoms with Gasteiger partial charge in [0.15, 0.2) is 0 Å². The van der Waals surface area contributed by atoms with E-state index in [0.29, 0.717) is 5.56 Å². The Morgan fingerprint density at radius 3 is 2.67 bits per heavy atom. The normalized spacial score (nSPS) is 10.5. The van der Waals surface area contributed by atoms with Crippen molar-refractivity contribution in [3.63, 3.8) is 0 Å². The maximum Gasteiger partial charge on any atom is 0.345 e. The van der Waals surface area contributed by atoms with E-state index < -0.39 is 10.9 Å². The fourth-order valence-electron chi connectivity index (χ4n) is 2.26. The van der Waals surface area contributed by atoms with Gasteiger partial charge in [-0.15, -0.1) is 0 Å². The summed E-state index contributed by atoms with van der Waals surface area (Å²) in [6.45, 7) is -0.123. The molecule has 1 aromatic heterocycles. The molecule has 0 bridgehead atoms. The second-order valence-corrected chi connectivity index (χ2v) is 5.34. The Hall–Kier alpha value is -2.99. The molecule has 0 spiro atoms. The first kappa shape index (κ1) is 15.9. The minimum Gasteiger partial charge on any atom is -0.457 e. The van der Waals surface area contributed by atoms with Crippen molar-refractivity contribution < 1.29 is 14.5 Å². The van der Waals surface area contributed by atoms with Crippen LogP contribution in [0.5, 0.6) is 0 Å². The second kappa shape index (κ2) is 6.64. The van der Waals surface area contributed by atoms with Gasteiger partial charge in [-0.25, -0.2) is 9.78 Å². The zero-order valence-corrected chi connectivity index (χ0v) is 13.1. The van der Waals surface area contributed by atoms with Gasteiger partial charge in [0.1, 0.15) is 17.3 Å². The summed E-state index contributed by atoms with van der Waals surface area (Å²) in [4.78, 5) is 26.7. The van der Waals surface area contributed by atoms with Gasteiger partial charge in [-0.2, -0.15) is 0 Å². The Morgan fingerprint density at radius 1 is 1.17 bits per heavy atom. The molecule has 3 aromatic rings. The highest BCUT2D eigenvalue weighted by atomic mass is 35.5. The molecule has 7 heteroatoms. The van der Waals surface area contributed by atoms with E-state index in [1.807, 2.05) is 24.3 Å². The van der Waals surface area contributed by atoms with Crippen molar-refractivity contribution in [3.05, 3.63) is 81.0 Å². The number of hydrogen-bond donors (Lipinski definition) is 0. The third-order valence-corrected chi connectivity index (χ3v) is 3.76. The number of fused-ring (bicyclic) bond motifs is 1. The maximum atomic E-state index is 12.1. The molecule has 0 aliphatic carbocycles. The number of hydrogen-bond acceptors (Lipinski definition) is 5. The zero-order valence-electron chi connectivity index (χ0n) is 12.3. The third-order valence-electron chi connectivity index (χ3n) is 3.43. The van der Waals surface area contributed by atoms with Crippen LogP contribution in [0.2, 0.25) is 5.15 Å². The SMILES string of the molecule is O=C(OCc1cc2ccccc2nc1Cl)c1ccccc1[N+](=O)[O-]. The first-order valence-electron chi connectivity index (χ1n) is 7.01. The molecule has 0 saturated carbocycles. The van der Waals surface area contributed by atoms with Gasteiger partial charge in [-0.1, -0.05) is 41.9 Å². The Labute approximate surface area is 141 Å². The summed E-state index contributed by atoms with van der Waals surface area (Å²) >= 11 is 6.10. The summed E-state index contributed by atoms with van der Waals surface area (Å²) < 4.78 is 5.17. The number of ether oxygens (including phenoxy) is 1. The highest BCUT2D eigenvalue weighted by Crippen LogP contribution is 2.23. The molecule has 0 radical (unpaired) electrons. The van der Waals surface area contributed by atoms with Crippen LogP contribution in [0.1, 0.15) is 15.9 Å². The van der Waals surface area contributed by atoms with Gasteiger partial charge in [0.25, 0.3) is 5.69 Å². The van der Waals surface area contributed by atoms with E-state index in [0.717, 1.165) is 10.9 Å². The topological polar surface area (TPSA) is 82.3 Å². The summed E-state index contributed by atoms with van der Waals surface area (Å²) in [7, 11) is 0. The number of pyridine rings is 1. The zero-order chi connectivity index (χ0) is 17.1. The molecule has 2 aromatic carbocycles. The number of benzene rings is 2. The predicted molar refractivity (Wildman–Crippen MR) is 89.0 cm³/mol. The van der Waals surface area contributed by atoms with E-state index in [2.05, 4.69) is 4.98 Å². The summed E-state index contributed by atoms with van der Waals surface area (Å²) in [5.74, 6) is -0.786. The van der Waals surface area contributed by atoms with E-state index in [1.165, 1.54) is 24.3 Å². The average molecular weight is 343 g/mol. The van der Waals surface area contributed by atoms with Crippen molar-refractivity contribution in [2.24, 2.45) is 0 Å². The lowest BCUT2D eigenvalue weighted by atomic mass is 10.1. The highest BCUT2D eigenvalue weighted by Gasteiger charge is 2.20. The van der Waals surface area contributed by atoms with Crippen molar-refractivity contribution in [3.8, 4) is 0 Å². The van der Waals surface area contributed by atoms with Crippen LogP contribution in [-0.4, -0.2) is 15.9 Å². The van der Waals surface area contributed by atoms with Crippen LogP contribution in [0.4, 0.5) is 5.69 Å². The minimum atomic E-state index is -0.786. The second-order valence-electron chi connectivity index (χ2n) is 4.98. The number of nitro groups is 1. The number of halogens is 1. The Balaban J connectivity index is 1.82. The molecular formula is C17H11ClN2O4. The molecule has 0 N–H and O–H groups in total. The number of esters is 1. The van der Waals surface area contributed by atoms with E-state index in [1.54, 1.807) is 6.07 Å². The average Bonchev–Trinajstić information content (AvgIpc) is 2.59. The quantitative estimate of drug-likeness (QED) is 0.308. The largest absolute Gasteiger partial charge is 0.457 e. The van der Waals surface area contributed by atoms with Gasteiger partial charge in [-0.3, -0.25) is 10.1 Å². The van der Waals surface area contributed by atoms with E-state index in [-0.39, 0.29) is 23.0 Å². The van der Waals surface area contributed by atoms with Gasteiger partial charge in [0, 0.05) is 17.0 Å². The Bertz CT molecular complexity index is 943. The van der Waals surface area contributed by atoms with Crippen molar-refractivity contribution in [2.75, 3.05) is 0 Å². The smallest absolute Gasteiger partial charge is 0.345 e. The number of rotatable bonds is 4. The molecule has 0 atom stereocenters. The molecule has 0 aliphatic heterocycles. The lowest BCUT2D eigenvalue weighted by molar-refractivity contribution is -0.385. The van der Waals surface area contributed by atoms with E-state index >= 15 is 0 Å². The van der Waals surface area contributed by atoms with Gasteiger partial charge in [-0.05, 0) is 18.2 Å². The molecule has 120 valence electrons. The first-order valence-corrected chi connectivity index (χ1v) is 7.39. The molecule has 0 saturated heterocycles. The number of nitro benzene ring substituents is 1. The third kappa shape index (κ3) is 3.18. The molecular weight excluding hydrogens is 332 g/mol. The van der Waals surface area contributed by atoms with Crippen LogP contribution in [0.3, 0.4) is 0 Å². The van der Waals surface area contributed by atoms with Gasteiger partial charge in [0.2, 0.25) is 0 Å². The van der Waals surface area contributed by atoms with Gasteiger partial charge >= 0.3 is 5.97 Å². The van der Waals surface area contributed by atoms with Crippen LogP contribution in [-0.2, 0) is 11.3 Å². The summed E-state index contributed by atoms with van der Waals surface area (Å²) in [6.07, 6.45) is 0. The lowest BCUT2D eigenvalue weighted by Gasteiger charge is -2.08. The number of aromatic nitrogens is 1. The van der Waals surface area contributed by atoms with Crippen LogP contribution in [0.15, 0.2) is 54.6 Å². The summed E-state index contributed by atoms with van der Waals surface area (Å²) in [5, 5.41) is 12.1. The molecule has 3 rings (SSSR count). The number of carbonyl (C=O) groups is 1. The first-order chi connectivity index (χ1) is 11.6. The summed E-state index contributed by atoms with van der Waals surface area (Å²) in [5.41, 5.74) is 0.858. The lowest BCUT2D eigenvalue weighted by Crippen LogP contribution is -2.08. The fourth-order valence-corrected chi connectivity index (χ4v) is 2.46. The van der Waals surface area contributed by atoms with E-state index in [4.69, 9.17) is 16.3 Å². The van der Waals surface area contributed by atoms with Crippen LogP contribution >= 0.6 is 11.6 Å². The maximum absolute atomic E-state index is 12.1. The van der Waals surface area contributed by atoms with Crippen molar-refractivity contribution >= 4 is 34.2 Å². The summed E-state index contributed by atoms with van der Waals surface area (Å²) in [6, 6.07) is 14.8. The molecule has 0 aliphatic rings.